The van der Waals surface area contributed by atoms with Crippen molar-refractivity contribution in [2.75, 3.05) is 5.75 Å². The number of aromatic nitrogens is 3. The van der Waals surface area contributed by atoms with Gasteiger partial charge in [0.05, 0.1) is 0 Å². The second kappa shape index (κ2) is 6.65. The number of amides is 1. The molecule has 0 spiro atoms. The third kappa shape index (κ3) is 3.85. The molecule has 10 heteroatoms. The zero-order valence-electron chi connectivity index (χ0n) is 14.5. The highest BCUT2D eigenvalue weighted by Crippen LogP contribution is 2.41. The Hall–Kier alpha value is -1.52. The summed E-state index contributed by atoms with van der Waals surface area (Å²) in [5, 5.41) is 7.32. The molecule has 0 saturated carbocycles. The van der Waals surface area contributed by atoms with Crippen molar-refractivity contribution in [1.29, 1.82) is 0 Å². The fraction of sp³-hybridized carbons (Fsp3) is 0.600. The van der Waals surface area contributed by atoms with Gasteiger partial charge in [-0.05, 0) is 33.8 Å². The largest absolute Gasteiger partial charge is 0.455 e. The number of nitrogens with two attached hydrogens (primary N) is 1. The Kier molecular flexibility index (Phi) is 4.86. The number of carbonyl (C=O) groups excluding carboxylic acids is 2. The van der Waals surface area contributed by atoms with Gasteiger partial charge in [-0.25, -0.2) is 9.78 Å². The number of thioether (sulfide) groups is 2. The number of esters is 1. The highest BCUT2D eigenvalue weighted by molar-refractivity contribution is 8.03. The predicted octanol–water partition coefficient (Wildman–Crippen LogP) is 1.04. The number of ether oxygens (including phenoxy) is 1. The van der Waals surface area contributed by atoms with Crippen LogP contribution in [0.4, 0.5) is 0 Å². The van der Waals surface area contributed by atoms with Gasteiger partial charge < -0.3 is 10.5 Å². The van der Waals surface area contributed by atoms with Crippen LogP contribution in [0.3, 0.4) is 0 Å². The minimum Gasteiger partial charge on any atom is -0.455 e. The first-order chi connectivity index (χ1) is 11.7. The summed E-state index contributed by atoms with van der Waals surface area (Å²) in [5.41, 5.74) is 5.56. The van der Waals surface area contributed by atoms with Crippen molar-refractivity contribution >= 4 is 35.4 Å². The maximum atomic E-state index is 12.5. The molecule has 2 aliphatic heterocycles. The van der Waals surface area contributed by atoms with E-state index in [0.29, 0.717) is 10.9 Å². The highest BCUT2D eigenvalue weighted by atomic mass is 32.2. The SMILES string of the molecule is Cc1nc(SCC2C=C(C(=O)OC(C)(C)C)N3C(=O)C(N)[C@H]3S2)n[nH]1. The summed E-state index contributed by atoms with van der Waals surface area (Å²) in [4.78, 5) is 30.3. The Balaban J connectivity index is 1.76. The summed E-state index contributed by atoms with van der Waals surface area (Å²) in [5.74, 6) is 0.674. The molecular formula is C15H21N5O3S2. The molecule has 136 valence electrons. The van der Waals surface area contributed by atoms with E-state index in [1.807, 2.05) is 6.92 Å². The van der Waals surface area contributed by atoms with E-state index in [4.69, 9.17) is 10.5 Å². The zero-order valence-corrected chi connectivity index (χ0v) is 16.1. The molecule has 0 aromatic carbocycles. The molecule has 3 atom stereocenters. The zero-order chi connectivity index (χ0) is 18.4. The molecule has 25 heavy (non-hydrogen) atoms. The normalized spacial score (nSPS) is 26.0. The molecule has 1 amide bonds. The summed E-state index contributed by atoms with van der Waals surface area (Å²) in [6, 6.07) is -0.589. The van der Waals surface area contributed by atoms with Crippen LogP contribution in [0.25, 0.3) is 0 Å². The van der Waals surface area contributed by atoms with Gasteiger partial charge >= 0.3 is 5.97 Å². The number of nitrogens with one attached hydrogen (secondary N) is 1. The number of β-lactam (4-membered cyclic amide) rings is 1. The summed E-state index contributed by atoms with van der Waals surface area (Å²) in [7, 11) is 0. The van der Waals surface area contributed by atoms with Gasteiger partial charge in [0.15, 0.2) is 0 Å². The van der Waals surface area contributed by atoms with Crippen LogP contribution in [0.5, 0.6) is 0 Å². The minimum atomic E-state index is -0.630. The molecule has 2 aliphatic rings. The number of fused-ring (bicyclic) bond motifs is 1. The Morgan fingerprint density at radius 2 is 2.24 bits per heavy atom. The number of rotatable bonds is 4. The summed E-state index contributed by atoms with van der Waals surface area (Å²) < 4.78 is 5.44. The lowest BCUT2D eigenvalue weighted by molar-refractivity contribution is -0.157. The molecule has 1 aromatic rings. The van der Waals surface area contributed by atoms with E-state index >= 15 is 0 Å². The van der Waals surface area contributed by atoms with Crippen molar-refractivity contribution in [2.24, 2.45) is 5.73 Å². The maximum Gasteiger partial charge on any atom is 0.355 e. The Morgan fingerprint density at radius 1 is 1.52 bits per heavy atom. The molecule has 0 aliphatic carbocycles. The highest BCUT2D eigenvalue weighted by Gasteiger charge is 2.52. The fourth-order valence-electron chi connectivity index (χ4n) is 2.49. The van der Waals surface area contributed by atoms with Gasteiger partial charge in [-0.2, -0.15) is 0 Å². The van der Waals surface area contributed by atoms with Crippen LogP contribution in [0.15, 0.2) is 16.9 Å². The molecule has 2 unspecified atom stereocenters. The molecule has 1 saturated heterocycles. The van der Waals surface area contributed by atoms with Gasteiger partial charge in [0.25, 0.3) is 0 Å². The van der Waals surface area contributed by atoms with Gasteiger partial charge in [-0.15, -0.1) is 16.9 Å². The number of aromatic amines is 1. The van der Waals surface area contributed by atoms with E-state index in [-0.39, 0.29) is 22.2 Å². The van der Waals surface area contributed by atoms with Crippen molar-refractivity contribution in [3.8, 4) is 0 Å². The van der Waals surface area contributed by atoms with Gasteiger partial charge in [0.1, 0.15) is 28.5 Å². The average molecular weight is 383 g/mol. The Morgan fingerprint density at radius 3 is 2.84 bits per heavy atom. The maximum absolute atomic E-state index is 12.5. The Bertz CT molecular complexity index is 727. The third-order valence-corrected chi connectivity index (χ3v) is 6.18. The molecule has 1 aromatic heterocycles. The number of carbonyl (C=O) groups is 2. The van der Waals surface area contributed by atoms with Gasteiger partial charge in [-0.3, -0.25) is 14.8 Å². The first-order valence-electron chi connectivity index (χ1n) is 7.87. The van der Waals surface area contributed by atoms with Crippen LogP contribution in [-0.4, -0.2) is 60.0 Å². The lowest BCUT2D eigenvalue weighted by atomic mass is 10.1. The molecule has 3 heterocycles. The van der Waals surface area contributed by atoms with E-state index < -0.39 is 17.6 Å². The molecule has 3 N–H and O–H groups in total. The smallest absolute Gasteiger partial charge is 0.355 e. The number of aryl methyl sites for hydroxylation is 1. The van der Waals surface area contributed by atoms with Crippen LogP contribution >= 0.6 is 23.5 Å². The van der Waals surface area contributed by atoms with Crippen LogP contribution < -0.4 is 5.73 Å². The van der Waals surface area contributed by atoms with Crippen molar-refractivity contribution in [2.45, 2.75) is 55.1 Å². The van der Waals surface area contributed by atoms with Crippen molar-refractivity contribution in [1.82, 2.24) is 20.1 Å². The second-order valence-electron chi connectivity index (χ2n) is 6.87. The molecule has 0 bridgehead atoms. The minimum absolute atomic E-state index is 0.00623. The Labute approximate surface area is 154 Å². The van der Waals surface area contributed by atoms with E-state index in [1.165, 1.54) is 16.7 Å². The van der Waals surface area contributed by atoms with Crippen molar-refractivity contribution in [3.05, 3.63) is 17.6 Å². The van der Waals surface area contributed by atoms with Crippen molar-refractivity contribution < 1.29 is 14.3 Å². The molecule has 1 fully saturated rings. The summed E-state index contributed by atoms with van der Waals surface area (Å²) >= 11 is 3.06. The molecule has 0 radical (unpaired) electrons. The van der Waals surface area contributed by atoms with E-state index in [2.05, 4.69) is 15.2 Å². The lowest BCUT2D eigenvalue weighted by Gasteiger charge is -2.48. The van der Waals surface area contributed by atoms with Gasteiger partial charge in [-0.1, -0.05) is 11.8 Å². The summed E-state index contributed by atoms with van der Waals surface area (Å²) in [6.07, 6.45) is 1.78. The lowest BCUT2D eigenvalue weighted by Crippen LogP contribution is -2.68. The van der Waals surface area contributed by atoms with E-state index in [1.54, 1.807) is 38.6 Å². The van der Waals surface area contributed by atoms with Crippen LogP contribution in [0.1, 0.15) is 26.6 Å². The van der Waals surface area contributed by atoms with Crippen molar-refractivity contribution in [3.63, 3.8) is 0 Å². The number of hydrogen-bond donors (Lipinski definition) is 2. The van der Waals surface area contributed by atoms with E-state index in [0.717, 1.165) is 5.82 Å². The number of nitrogens with zero attached hydrogens (tertiary/aromatic N) is 3. The molecule has 3 rings (SSSR count). The second-order valence-corrected chi connectivity index (χ2v) is 9.22. The van der Waals surface area contributed by atoms with E-state index in [9.17, 15) is 9.59 Å². The molecule has 8 nitrogen and oxygen atoms in total. The van der Waals surface area contributed by atoms with Crippen LogP contribution in [0, 0.1) is 6.92 Å². The topological polar surface area (TPSA) is 114 Å². The number of hydrogen-bond acceptors (Lipinski definition) is 8. The van der Waals surface area contributed by atoms with Gasteiger partial charge in [0, 0.05) is 11.0 Å². The summed E-state index contributed by atoms with van der Waals surface area (Å²) in [6.45, 7) is 7.22. The monoisotopic (exact) mass is 383 g/mol. The van der Waals surface area contributed by atoms with Crippen LogP contribution in [-0.2, 0) is 14.3 Å². The first kappa shape index (κ1) is 18.3. The fourth-order valence-corrected chi connectivity index (χ4v) is 4.92. The van der Waals surface area contributed by atoms with Crippen LogP contribution in [0.2, 0.25) is 0 Å². The standard InChI is InChI=1S/C15H21N5O3S2/c1-7-17-14(19-18-7)24-6-8-5-9(13(22)23-15(2,3)4)20-11(21)10(16)12(20)25-8/h5,8,10,12H,6,16H2,1-4H3,(H,17,18,19)/t8?,10?,12-/m1/s1. The quantitative estimate of drug-likeness (QED) is 0.450. The average Bonchev–Trinajstić information content (AvgIpc) is 2.95. The third-order valence-electron chi connectivity index (χ3n) is 3.56. The number of H-pyrrole nitrogens is 1. The predicted molar refractivity (Wildman–Crippen MR) is 95.8 cm³/mol. The van der Waals surface area contributed by atoms with Gasteiger partial charge in [0.2, 0.25) is 11.1 Å². The molecular weight excluding hydrogens is 362 g/mol. The first-order valence-corrected chi connectivity index (χ1v) is 9.79.